The highest BCUT2D eigenvalue weighted by molar-refractivity contribution is 5.86. The number of aromatic nitrogens is 1. The maximum absolute atomic E-state index is 9.73. The molecule has 2 nitrogen and oxygen atoms in total. The van der Waals surface area contributed by atoms with Gasteiger partial charge >= 0.3 is 0 Å². The monoisotopic (exact) mass is 277 g/mol. The van der Waals surface area contributed by atoms with E-state index >= 15 is 0 Å². The zero-order valence-electron chi connectivity index (χ0n) is 12.4. The zero-order valence-corrected chi connectivity index (χ0v) is 12.4. The van der Waals surface area contributed by atoms with E-state index in [9.17, 15) is 5.11 Å². The number of para-hydroxylation sites is 1. The van der Waals surface area contributed by atoms with Crippen LogP contribution in [-0.2, 0) is 13.0 Å². The van der Waals surface area contributed by atoms with E-state index in [1.807, 2.05) is 24.3 Å². The van der Waals surface area contributed by atoms with Crippen LogP contribution < -0.4 is 0 Å². The summed E-state index contributed by atoms with van der Waals surface area (Å²) in [5, 5.41) is 10.8. The van der Waals surface area contributed by atoms with Gasteiger partial charge < -0.3 is 5.11 Å². The lowest BCUT2D eigenvalue weighted by atomic mass is 9.97. The highest BCUT2D eigenvalue weighted by atomic mass is 16.3. The minimum absolute atomic E-state index is 0.00423. The fourth-order valence-electron chi connectivity index (χ4n) is 2.80. The minimum Gasteiger partial charge on any atom is -0.392 e. The molecule has 0 aliphatic rings. The molecule has 106 valence electrons. The second-order valence-electron chi connectivity index (χ2n) is 5.31. The molecule has 0 radical (unpaired) electrons. The Bertz CT molecular complexity index is 793. The van der Waals surface area contributed by atoms with Crippen LogP contribution in [0.4, 0.5) is 0 Å². The van der Waals surface area contributed by atoms with E-state index in [-0.39, 0.29) is 6.61 Å². The van der Waals surface area contributed by atoms with Gasteiger partial charge in [0.15, 0.2) is 0 Å². The van der Waals surface area contributed by atoms with E-state index < -0.39 is 0 Å². The molecule has 0 fully saturated rings. The first-order valence-electron chi connectivity index (χ1n) is 7.33. The SMILES string of the molecule is CCc1ccccc1-c1nc2c(C)cccc2cc1CO. The average Bonchev–Trinajstić information content (AvgIpc) is 2.54. The Morgan fingerprint density at radius 1 is 1.00 bits per heavy atom. The Hall–Kier alpha value is -2.19. The second-order valence-corrected chi connectivity index (χ2v) is 5.31. The van der Waals surface area contributed by atoms with Gasteiger partial charge in [0.2, 0.25) is 0 Å². The van der Waals surface area contributed by atoms with E-state index in [1.54, 1.807) is 0 Å². The normalized spacial score (nSPS) is 11.0. The molecule has 0 unspecified atom stereocenters. The third kappa shape index (κ3) is 2.43. The smallest absolute Gasteiger partial charge is 0.0767 e. The highest BCUT2D eigenvalue weighted by Crippen LogP contribution is 2.29. The molecular formula is C19H19NO. The molecule has 0 bridgehead atoms. The first-order valence-corrected chi connectivity index (χ1v) is 7.33. The Morgan fingerprint density at radius 2 is 1.81 bits per heavy atom. The van der Waals surface area contributed by atoms with Crippen molar-refractivity contribution in [2.75, 3.05) is 0 Å². The van der Waals surface area contributed by atoms with Gasteiger partial charge in [-0.15, -0.1) is 0 Å². The molecule has 3 aromatic rings. The van der Waals surface area contributed by atoms with Crippen molar-refractivity contribution >= 4 is 10.9 Å². The van der Waals surface area contributed by atoms with Crippen LogP contribution >= 0.6 is 0 Å². The number of rotatable bonds is 3. The zero-order chi connectivity index (χ0) is 14.8. The van der Waals surface area contributed by atoms with Crippen LogP contribution in [0.1, 0.15) is 23.6 Å². The number of aliphatic hydroxyl groups is 1. The molecule has 2 heteroatoms. The number of benzene rings is 2. The van der Waals surface area contributed by atoms with Gasteiger partial charge in [0, 0.05) is 16.5 Å². The van der Waals surface area contributed by atoms with Crippen LogP contribution in [0.2, 0.25) is 0 Å². The summed E-state index contributed by atoms with van der Waals surface area (Å²) in [6.07, 6.45) is 0.953. The summed E-state index contributed by atoms with van der Waals surface area (Å²) in [4.78, 5) is 4.86. The molecule has 21 heavy (non-hydrogen) atoms. The summed E-state index contributed by atoms with van der Waals surface area (Å²) in [5.74, 6) is 0. The number of nitrogens with zero attached hydrogens (tertiary/aromatic N) is 1. The molecule has 0 aliphatic carbocycles. The Morgan fingerprint density at radius 3 is 2.57 bits per heavy atom. The van der Waals surface area contributed by atoms with Gasteiger partial charge in [-0.1, -0.05) is 49.4 Å². The third-order valence-electron chi connectivity index (χ3n) is 3.95. The number of aliphatic hydroxyl groups excluding tert-OH is 1. The summed E-state index contributed by atoms with van der Waals surface area (Å²) >= 11 is 0. The predicted octanol–water partition coefficient (Wildman–Crippen LogP) is 4.26. The summed E-state index contributed by atoms with van der Waals surface area (Å²) < 4.78 is 0. The van der Waals surface area contributed by atoms with Crippen molar-refractivity contribution in [3.8, 4) is 11.3 Å². The van der Waals surface area contributed by atoms with Crippen LogP contribution in [0.25, 0.3) is 22.2 Å². The predicted molar refractivity (Wildman–Crippen MR) is 87.2 cm³/mol. The van der Waals surface area contributed by atoms with Crippen LogP contribution in [0.3, 0.4) is 0 Å². The number of hydrogen-bond donors (Lipinski definition) is 1. The maximum Gasteiger partial charge on any atom is 0.0767 e. The Labute approximate surface area is 125 Å². The van der Waals surface area contributed by atoms with Crippen LogP contribution in [0.15, 0.2) is 48.5 Å². The van der Waals surface area contributed by atoms with Gasteiger partial charge in [0.05, 0.1) is 17.8 Å². The minimum atomic E-state index is 0.00423. The van der Waals surface area contributed by atoms with Gasteiger partial charge in [-0.3, -0.25) is 0 Å². The lowest BCUT2D eigenvalue weighted by molar-refractivity contribution is 0.282. The summed E-state index contributed by atoms with van der Waals surface area (Å²) in [5.41, 5.74) is 6.33. The summed E-state index contributed by atoms with van der Waals surface area (Å²) in [7, 11) is 0. The van der Waals surface area contributed by atoms with Crippen LogP contribution in [-0.4, -0.2) is 10.1 Å². The number of aryl methyl sites for hydroxylation is 2. The van der Waals surface area contributed by atoms with Crippen molar-refractivity contribution in [2.24, 2.45) is 0 Å². The summed E-state index contributed by atoms with van der Waals surface area (Å²) in [6.45, 7) is 4.22. The lowest BCUT2D eigenvalue weighted by Crippen LogP contribution is -1.98. The molecule has 0 aliphatic heterocycles. The first-order chi connectivity index (χ1) is 10.2. The quantitative estimate of drug-likeness (QED) is 0.775. The number of fused-ring (bicyclic) bond motifs is 1. The number of hydrogen-bond acceptors (Lipinski definition) is 2. The standard InChI is InChI=1S/C19H19NO/c1-3-14-8-4-5-10-17(14)19-16(12-21)11-15-9-6-7-13(2)18(15)20-19/h4-11,21H,3,12H2,1-2H3. The van der Waals surface area contributed by atoms with Crippen molar-refractivity contribution in [3.05, 3.63) is 65.2 Å². The van der Waals surface area contributed by atoms with E-state index in [1.165, 1.54) is 5.56 Å². The second kappa shape index (κ2) is 5.66. The van der Waals surface area contributed by atoms with Gasteiger partial charge in [0.1, 0.15) is 0 Å². The Kier molecular flexibility index (Phi) is 3.72. The molecule has 1 N–H and O–H groups in total. The maximum atomic E-state index is 9.73. The molecule has 1 heterocycles. The lowest BCUT2D eigenvalue weighted by Gasteiger charge is -2.13. The van der Waals surface area contributed by atoms with E-state index in [2.05, 4.69) is 38.1 Å². The molecule has 0 saturated heterocycles. The molecule has 1 aromatic heterocycles. The van der Waals surface area contributed by atoms with Gasteiger partial charge in [0.25, 0.3) is 0 Å². The largest absolute Gasteiger partial charge is 0.392 e. The van der Waals surface area contributed by atoms with E-state index in [0.29, 0.717) is 0 Å². The van der Waals surface area contributed by atoms with Crippen molar-refractivity contribution in [3.63, 3.8) is 0 Å². The van der Waals surface area contributed by atoms with E-state index in [0.717, 1.165) is 39.7 Å². The fourth-order valence-corrected chi connectivity index (χ4v) is 2.80. The molecular weight excluding hydrogens is 258 g/mol. The van der Waals surface area contributed by atoms with E-state index in [4.69, 9.17) is 4.98 Å². The van der Waals surface area contributed by atoms with Gasteiger partial charge in [-0.25, -0.2) is 4.98 Å². The Balaban J connectivity index is 2.33. The summed E-state index contributed by atoms with van der Waals surface area (Å²) in [6, 6.07) is 16.5. The van der Waals surface area contributed by atoms with Crippen molar-refractivity contribution in [1.29, 1.82) is 0 Å². The van der Waals surface area contributed by atoms with Crippen molar-refractivity contribution < 1.29 is 5.11 Å². The topological polar surface area (TPSA) is 33.1 Å². The van der Waals surface area contributed by atoms with Crippen LogP contribution in [0.5, 0.6) is 0 Å². The molecule has 0 atom stereocenters. The van der Waals surface area contributed by atoms with Crippen LogP contribution in [0, 0.1) is 6.92 Å². The molecule has 0 amide bonds. The number of pyridine rings is 1. The highest BCUT2D eigenvalue weighted by Gasteiger charge is 2.12. The fraction of sp³-hybridized carbons (Fsp3) is 0.211. The van der Waals surface area contributed by atoms with Gasteiger partial charge in [-0.05, 0) is 30.5 Å². The first kappa shape index (κ1) is 13.8. The van der Waals surface area contributed by atoms with Crippen molar-refractivity contribution in [1.82, 2.24) is 4.98 Å². The molecule has 0 saturated carbocycles. The van der Waals surface area contributed by atoms with Crippen molar-refractivity contribution in [2.45, 2.75) is 26.9 Å². The molecule has 2 aromatic carbocycles. The average molecular weight is 277 g/mol. The molecule has 3 rings (SSSR count). The third-order valence-corrected chi connectivity index (χ3v) is 3.95. The van der Waals surface area contributed by atoms with Gasteiger partial charge in [-0.2, -0.15) is 0 Å². The molecule has 0 spiro atoms.